The molecule has 0 spiro atoms. The highest BCUT2D eigenvalue weighted by molar-refractivity contribution is 7.81. The quantitative estimate of drug-likeness (QED) is 0.642. The molecule has 14 heavy (non-hydrogen) atoms. The Morgan fingerprint density at radius 1 is 1.43 bits per heavy atom. The number of rotatable bonds is 0. The van der Waals surface area contributed by atoms with E-state index in [1.54, 1.807) is 0 Å². The first-order valence-electron chi connectivity index (χ1n) is 4.22. The van der Waals surface area contributed by atoms with E-state index >= 15 is 0 Å². The van der Waals surface area contributed by atoms with Gasteiger partial charge in [0.25, 0.3) is 0 Å². The summed E-state index contributed by atoms with van der Waals surface area (Å²) in [7, 11) is 0. The second-order valence-corrected chi connectivity index (χ2v) is 5.91. The molecule has 1 aliphatic heterocycles. The molecule has 0 fully saturated rings. The molecule has 1 aromatic carbocycles. The summed E-state index contributed by atoms with van der Waals surface area (Å²) in [5.41, 5.74) is 2.96. The maximum absolute atomic E-state index is 11.4. The molecule has 0 saturated heterocycles. The van der Waals surface area contributed by atoms with Crippen molar-refractivity contribution in [2.75, 3.05) is 0 Å². The largest absolute Gasteiger partial charge is 0.477 e. The molecule has 1 aliphatic rings. The van der Waals surface area contributed by atoms with E-state index in [4.69, 9.17) is 20.3 Å². The van der Waals surface area contributed by atoms with Crippen LogP contribution in [0.1, 0.15) is 16.7 Å². The van der Waals surface area contributed by atoms with Gasteiger partial charge in [-0.2, -0.15) is 0 Å². The maximum Gasteiger partial charge on any atom is 0.477 e. The Bertz CT molecular complexity index is 430. The molecule has 76 valence electrons. The highest BCUT2D eigenvalue weighted by Crippen LogP contribution is 2.58. The molecule has 2 rings (SSSR count). The summed E-state index contributed by atoms with van der Waals surface area (Å²) in [5.74, 6) is 0.597. The van der Waals surface area contributed by atoms with Gasteiger partial charge < -0.3 is 4.52 Å². The number of hydrogen-bond acceptors (Lipinski definition) is 3. The van der Waals surface area contributed by atoms with E-state index in [2.05, 4.69) is 0 Å². The zero-order valence-electron chi connectivity index (χ0n) is 7.91. The molecule has 0 amide bonds. The molecule has 3 nitrogen and oxygen atoms in total. The third kappa shape index (κ3) is 1.81. The van der Waals surface area contributed by atoms with Crippen LogP contribution in [-0.4, -0.2) is 0 Å². The van der Waals surface area contributed by atoms with Crippen molar-refractivity contribution in [3.63, 3.8) is 0 Å². The molecule has 1 unspecified atom stereocenters. The fraction of sp³-hybridized carbons (Fsp3) is 0.333. The van der Waals surface area contributed by atoms with Crippen LogP contribution in [0.4, 0.5) is 0 Å². The van der Waals surface area contributed by atoms with Crippen molar-refractivity contribution in [2.45, 2.75) is 20.5 Å². The Labute approximate surface area is 87.3 Å². The van der Waals surface area contributed by atoms with Gasteiger partial charge in [0, 0.05) is 16.8 Å². The van der Waals surface area contributed by atoms with Crippen molar-refractivity contribution in [1.29, 1.82) is 0 Å². The molecule has 1 heterocycles. The van der Waals surface area contributed by atoms with Crippen LogP contribution in [0, 0.1) is 13.8 Å². The SMILES string of the molecule is Cc1cc(C)c2c(c1)COP(=O)(Cl)O2. The summed E-state index contributed by atoms with van der Waals surface area (Å²) in [6.07, 6.45) is 0. The van der Waals surface area contributed by atoms with Gasteiger partial charge in [-0.1, -0.05) is 17.7 Å². The van der Waals surface area contributed by atoms with Crippen molar-refractivity contribution in [2.24, 2.45) is 0 Å². The van der Waals surface area contributed by atoms with Gasteiger partial charge in [-0.05, 0) is 19.4 Å². The van der Waals surface area contributed by atoms with E-state index in [0.717, 1.165) is 16.7 Å². The molecule has 1 aromatic rings. The lowest BCUT2D eigenvalue weighted by Gasteiger charge is -2.23. The Kier molecular flexibility index (Phi) is 2.34. The minimum absolute atomic E-state index is 0.249. The van der Waals surface area contributed by atoms with Crippen molar-refractivity contribution in [3.8, 4) is 5.75 Å². The Morgan fingerprint density at radius 2 is 2.14 bits per heavy atom. The number of aryl methyl sites for hydroxylation is 2. The number of halogens is 1. The van der Waals surface area contributed by atoms with Gasteiger partial charge in [0.15, 0.2) is 0 Å². The fourth-order valence-corrected chi connectivity index (χ4v) is 2.74. The van der Waals surface area contributed by atoms with Crippen molar-refractivity contribution < 1.29 is 13.6 Å². The van der Waals surface area contributed by atoms with Gasteiger partial charge in [-0.15, -0.1) is 0 Å². The summed E-state index contributed by atoms with van der Waals surface area (Å²) >= 11 is 5.52. The monoisotopic (exact) mass is 232 g/mol. The Hall–Kier alpha value is -0.500. The first-order valence-corrected chi connectivity index (χ1v) is 6.67. The van der Waals surface area contributed by atoms with Crippen molar-refractivity contribution >= 4 is 18.2 Å². The van der Waals surface area contributed by atoms with Crippen LogP contribution in [0.3, 0.4) is 0 Å². The predicted molar refractivity (Wildman–Crippen MR) is 54.8 cm³/mol. The van der Waals surface area contributed by atoms with Crippen LogP contribution in [0.2, 0.25) is 0 Å². The highest BCUT2D eigenvalue weighted by atomic mass is 35.7. The lowest BCUT2D eigenvalue weighted by molar-refractivity contribution is 0.245. The van der Waals surface area contributed by atoms with E-state index in [0.29, 0.717) is 5.75 Å². The van der Waals surface area contributed by atoms with E-state index in [-0.39, 0.29) is 6.61 Å². The molecule has 0 N–H and O–H groups in total. The van der Waals surface area contributed by atoms with Crippen LogP contribution in [-0.2, 0) is 15.7 Å². The van der Waals surface area contributed by atoms with Crippen LogP contribution in [0.5, 0.6) is 5.75 Å². The molecular weight excluding hydrogens is 223 g/mol. The zero-order valence-corrected chi connectivity index (χ0v) is 9.56. The molecule has 0 bridgehead atoms. The zero-order chi connectivity index (χ0) is 10.3. The molecular formula is C9H10ClO3P. The maximum atomic E-state index is 11.4. The summed E-state index contributed by atoms with van der Waals surface area (Å²) in [5, 5.41) is 0. The standard InChI is InChI=1S/C9H10ClO3P/c1-6-3-7(2)9-8(4-6)5-12-14(10,11)13-9/h3-4H,5H2,1-2H3. The van der Waals surface area contributed by atoms with Gasteiger partial charge in [0.2, 0.25) is 0 Å². The summed E-state index contributed by atoms with van der Waals surface area (Å²) in [6, 6.07) is 3.90. The third-order valence-electron chi connectivity index (χ3n) is 2.07. The number of fused-ring (bicyclic) bond motifs is 1. The van der Waals surface area contributed by atoms with Crippen LogP contribution in [0.25, 0.3) is 0 Å². The third-order valence-corrected chi connectivity index (χ3v) is 3.41. The fourth-order valence-electron chi connectivity index (χ4n) is 1.56. The summed E-state index contributed by atoms with van der Waals surface area (Å²) < 4.78 is 21.4. The minimum Gasteiger partial charge on any atom is -0.413 e. The second-order valence-electron chi connectivity index (χ2n) is 3.37. The molecule has 0 aliphatic carbocycles. The average molecular weight is 233 g/mol. The first kappa shape index (κ1) is 10.0. The van der Waals surface area contributed by atoms with Gasteiger partial charge in [-0.25, -0.2) is 4.57 Å². The van der Waals surface area contributed by atoms with Crippen LogP contribution < -0.4 is 4.52 Å². The van der Waals surface area contributed by atoms with E-state index in [1.165, 1.54) is 0 Å². The lowest BCUT2D eigenvalue weighted by atomic mass is 10.1. The minimum atomic E-state index is -3.39. The van der Waals surface area contributed by atoms with Crippen LogP contribution in [0.15, 0.2) is 12.1 Å². The Balaban J connectivity index is 2.52. The molecule has 5 heteroatoms. The molecule has 0 saturated carbocycles. The molecule has 0 aromatic heterocycles. The predicted octanol–water partition coefficient (Wildman–Crippen LogP) is 3.56. The van der Waals surface area contributed by atoms with Crippen molar-refractivity contribution in [1.82, 2.24) is 0 Å². The lowest BCUT2D eigenvalue weighted by Crippen LogP contribution is -2.05. The molecule has 0 radical (unpaired) electrons. The Morgan fingerprint density at radius 3 is 2.86 bits per heavy atom. The summed E-state index contributed by atoms with van der Waals surface area (Å²) in [4.78, 5) is 0. The highest BCUT2D eigenvalue weighted by Gasteiger charge is 2.30. The van der Waals surface area contributed by atoms with Crippen molar-refractivity contribution in [3.05, 3.63) is 28.8 Å². The van der Waals surface area contributed by atoms with Gasteiger partial charge in [0.1, 0.15) is 5.75 Å². The van der Waals surface area contributed by atoms with Gasteiger partial charge in [0.05, 0.1) is 6.61 Å². The smallest absolute Gasteiger partial charge is 0.413 e. The topological polar surface area (TPSA) is 35.5 Å². The first-order chi connectivity index (χ1) is 6.48. The normalized spacial score (nSPS) is 25.4. The number of benzene rings is 1. The second kappa shape index (κ2) is 3.27. The van der Waals surface area contributed by atoms with Gasteiger partial charge >= 0.3 is 6.95 Å². The van der Waals surface area contributed by atoms with E-state index < -0.39 is 6.95 Å². The number of hydrogen-bond donors (Lipinski definition) is 0. The summed E-state index contributed by atoms with van der Waals surface area (Å²) in [6.45, 7) is 0.745. The van der Waals surface area contributed by atoms with Gasteiger partial charge in [-0.3, -0.25) is 4.52 Å². The molecule has 1 atom stereocenters. The van der Waals surface area contributed by atoms with Crippen LogP contribution >= 0.6 is 18.2 Å². The average Bonchev–Trinajstić information content (AvgIpc) is 2.06. The van der Waals surface area contributed by atoms with E-state index in [1.807, 2.05) is 26.0 Å². The van der Waals surface area contributed by atoms with E-state index in [9.17, 15) is 4.57 Å².